The van der Waals surface area contributed by atoms with Crippen LogP contribution in [-0.2, 0) is 15.7 Å². The minimum absolute atomic E-state index is 0.0453. The molecule has 200 valence electrons. The molecule has 0 saturated heterocycles. The van der Waals surface area contributed by atoms with Gasteiger partial charge >= 0.3 is 12.1 Å². The van der Waals surface area contributed by atoms with Gasteiger partial charge in [0.25, 0.3) is 0 Å². The van der Waals surface area contributed by atoms with Crippen LogP contribution in [-0.4, -0.2) is 46.2 Å². The molecule has 2 N–H and O–H groups in total. The average Bonchev–Trinajstić information content (AvgIpc) is 3.32. The first-order chi connectivity index (χ1) is 17.0. The highest BCUT2D eigenvalue weighted by Gasteiger charge is 2.36. The fraction of sp³-hybridized carbons (Fsp3) is 0.640. The van der Waals surface area contributed by atoms with Gasteiger partial charge in [-0.15, -0.1) is 0 Å². The molecule has 0 bridgehead atoms. The molecule has 0 spiro atoms. The molecule has 1 unspecified atom stereocenters. The first kappa shape index (κ1) is 28.2. The highest BCUT2D eigenvalue weighted by molar-refractivity contribution is 7.09. The van der Waals surface area contributed by atoms with Crippen molar-refractivity contribution in [2.75, 3.05) is 23.9 Å². The molecule has 1 heterocycles. The number of carbonyl (C=O) groups excluding carboxylic acids is 1. The third-order valence-corrected chi connectivity index (χ3v) is 7.46. The zero-order valence-corrected chi connectivity index (χ0v) is 22.0. The van der Waals surface area contributed by atoms with Gasteiger partial charge in [-0.2, -0.15) is 22.5 Å². The van der Waals surface area contributed by atoms with Crippen LogP contribution in [0.15, 0.2) is 18.2 Å². The Bertz CT molecular complexity index is 1010. The van der Waals surface area contributed by atoms with Crippen LogP contribution in [0.25, 0.3) is 0 Å². The van der Waals surface area contributed by atoms with Gasteiger partial charge in [-0.1, -0.05) is 33.3 Å². The molecule has 1 aromatic carbocycles. The summed E-state index contributed by atoms with van der Waals surface area (Å²) in [5.41, 5.74) is 2.33. The van der Waals surface area contributed by atoms with E-state index in [-0.39, 0.29) is 35.6 Å². The maximum absolute atomic E-state index is 13.1. The molecule has 2 aromatic rings. The van der Waals surface area contributed by atoms with Crippen LogP contribution in [0.1, 0.15) is 76.6 Å². The summed E-state index contributed by atoms with van der Waals surface area (Å²) in [5, 5.41) is 13.2. The number of methoxy groups -OCH3 is 1. The van der Waals surface area contributed by atoms with E-state index in [4.69, 9.17) is 4.74 Å². The number of alkyl halides is 3. The third kappa shape index (κ3) is 7.32. The Morgan fingerprint density at radius 2 is 1.97 bits per heavy atom. The van der Waals surface area contributed by atoms with Crippen LogP contribution in [0, 0.1) is 5.92 Å². The highest BCUT2D eigenvalue weighted by Crippen LogP contribution is 2.38. The number of hydrogen-bond donors (Lipinski definition) is 2. The number of benzene rings is 1. The van der Waals surface area contributed by atoms with E-state index < -0.39 is 12.0 Å². The van der Waals surface area contributed by atoms with Gasteiger partial charge in [0.1, 0.15) is 0 Å². The molecule has 0 amide bonds. The molecule has 0 aliphatic heterocycles. The van der Waals surface area contributed by atoms with Gasteiger partial charge in [-0.05, 0) is 55.2 Å². The lowest BCUT2D eigenvalue weighted by atomic mass is 9.90. The molecule has 1 fully saturated rings. The van der Waals surface area contributed by atoms with Crippen LogP contribution in [0.2, 0.25) is 0 Å². The molecule has 2 atom stereocenters. The molecule has 1 aliphatic rings. The van der Waals surface area contributed by atoms with E-state index in [0.717, 1.165) is 37.1 Å². The van der Waals surface area contributed by atoms with E-state index in [9.17, 15) is 23.1 Å². The molecule has 36 heavy (non-hydrogen) atoms. The average molecular weight is 529 g/mol. The Morgan fingerprint density at radius 3 is 2.56 bits per heavy atom. The number of ether oxygens (including phenoxy) is 1. The van der Waals surface area contributed by atoms with Crippen molar-refractivity contribution < 1.29 is 27.8 Å². The number of aromatic nitrogens is 2. The summed E-state index contributed by atoms with van der Waals surface area (Å²) < 4.78 is 47.6. The van der Waals surface area contributed by atoms with E-state index in [1.165, 1.54) is 7.11 Å². The van der Waals surface area contributed by atoms with Gasteiger partial charge in [0, 0.05) is 24.1 Å². The highest BCUT2D eigenvalue weighted by atomic mass is 32.1. The molecule has 3 rings (SSSR count). The van der Waals surface area contributed by atoms with Crippen LogP contribution < -0.4 is 10.2 Å². The second kappa shape index (κ2) is 12.2. The molecule has 7 nitrogen and oxygen atoms in total. The number of aliphatic hydroxyl groups excluding tert-OH is 1. The molecule has 1 aliphatic carbocycles. The lowest BCUT2D eigenvalue weighted by molar-refractivity contribution is -0.144. The predicted molar refractivity (Wildman–Crippen MR) is 135 cm³/mol. The van der Waals surface area contributed by atoms with Crippen molar-refractivity contribution in [3.63, 3.8) is 0 Å². The van der Waals surface area contributed by atoms with E-state index in [2.05, 4.69) is 33.4 Å². The number of anilines is 3. The van der Waals surface area contributed by atoms with E-state index in [1.807, 2.05) is 25.1 Å². The second-order valence-corrected chi connectivity index (χ2v) is 10.4. The number of carbonyl (C=O) groups is 1. The number of halogens is 3. The summed E-state index contributed by atoms with van der Waals surface area (Å²) in [5.74, 6) is -1.27. The van der Waals surface area contributed by atoms with Crippen molar-refractivity contribution >= 4 is 34.0 Å². The Kier molecular flexibility index (Phi) is 9.57. The third-order valence-electron chi connectivity index (χ3n) is 6.83. The summed E-state index contributed by atoms with van der Waals surface area (Å²) in [6, 6.07) is 5.99. The molecular formula is C25H35F3N4O3S. The number of nitrogens with zero attached hydrogens (tertiary/aromatic N) is 3. The van der Waals surface area contributed by atoms with Crippen molar-refractivity contribution in [1.29, 1.82) is 0 Å². The largest absolute Gasteiger partial charge is 0.469 e. The fourth-order valence-corrected chi connectivity index (χ4v) is 5.05. The van der Waals surface area contributed by atoms with E-state index >= 15 is 0 Å². The van der Waals surface area contributed by atoms with Crippen molar-refractivity contribution in [2.45, 2.75) is 83.5 Å². The lowest BCUT2D eigenvalue weighted by Crippen LogP contribution is -2.42. The zero-order chi connectivity index (χ0) is 26.5. The maximum Gasteiger partial charge on any atom is 0.452 e. The Morgan fingerprint density at radius 1 is 1.28 bits per heavy atom. The molecular weight excluding hydrogens is 493 g/mol. The Hall–Kier alpha value is -2.40. The monoisotopic (exact) mass is 528 g/mol. The summed E-state index contributed by atoms with van der Waals surface area (Å²) >= 11 is 0.657. The first-order valence-electron chi connectivity index (χ1n) is 12.3. The summed E-state index contributed by atoms with van der Waals surface area (Å²) in [6.07, 6.45) is -0.677. The smallest absolute Gasteiger partial charge is 0.452 e. The molecule has 1 saturated carbocycles. The predicted octanol–water partition coefficient (Wildman–Crippen LogP) is 6.12. The standard InChI is InChI=1S/C25H35F3N4O3S/c1-5-15(2)14-32(18-7-9-19(33)10-8-18)21-11-6-17(16(3)12-22(34)35-4)13-20(21)29-24-30-23(31-36-24)25(26,27)28/h6,11,13,15-16,18-19,33H,5,7-10,12,14H2,1-4H3,(H,29,30,31)/t15?,16-,18-,19-/m1/s1. The summed E-state index contributed by atoms with van der Waals surface area (Å²) in [4.78, 5) is 17.8. The zero-order valence-electron chi connectivity index (χ0n) is 21.1. The number of nitrogens with one attached hydrogen (secondary N) is 1. The Labute approximate surface area is 214 Å². The van der Waals surface area contributed by atoms with Gasteiger partial charge in [0.2, 0.25) is 11.0 Å². The minimum Gasteiger partial charge on any atom is -0.469 e. The van der Waals surface area contributed by atoms with Crippen molar-refractivity contribution in [3.05, 3.63) is 29.6 Å². The summed E-state index contributed by atoms with van der Waals surface area (Å²) in [7, 11) is 1.34. The quantitative estimate of drug-likeness (QED) is 0.359. The number of hydrogen-bond acceptors (Lipinski definition) is 8. The molecule has 1 aromatic heterocycles. The first-order valence-corrected chi connectivity index (χ1v) is 13.1. The Balaban J connectivity index is 2.01. The number of rotatable bonds is 10. The fourth-order valence-electron chi connectivity index (χ4n) is 4.45. The van der Waals surface area contributed by atoms with E-state index in [0.29, 0.717) is 36.0 Å². The van der Waals surface area contributed by atoms with Crippen LogP contribution >= 0.6 is 11.5 Å². The number of esters is 1. The van der Waals surface area contributed by atoms with E-state index in [1.54, 1.807) is 0 Å². The second-order valence-electron chi connectivity index (χ2n) is 9.63. The molecule has 11 heteroatoms. The van der Waals surface area contributed by atoms with Gasteiger partial charge in [-0.25, -0.2) is 0 Å². The van der Waals surface area contributed by atoms with Gasteiger partial charge < -0.3 is 20.1 Å². The maximum atomic E-state index is 13.1. The van der Waals surface area contributed by atoms with Crippen LogP contribution in [0.5, 0.6) is 0 Å². The molecule has 0 radical (unpaired) electrons. The SMILES string of the molecule is CCC(C)CN(c1ccc([C@H](C)CC(=O)OC)cc1Nc1nc(C(F)(F)F)ns1)[C@H]1CC[C@H](O)CC1. The van der Waals surface area contributed by atoms with Gasteiger partial charge in [0.15, 0.2) is 0 Å². The van der Waals surface area contributed by atoms with Crippen LogP contribution in [0.4, 0.5) is 29.7 Å². The van der Waals surface area contributed by atoms with Gasteiger partial charge in [0.05, 0.1) is 31.0 Å². The van der Waals surface area contributed by atoms with Crippen molar-refractivity contribution in [2.24, 2.45) is 5.92 Å². The summed E-state index contributed by atoms with van der Waals surface area (Å²) in [6.45, 7) is 6.98. The van der Waals surface area contributed by atoms with Crippen molar-refractivity contribution in [1.82, 2.24) is 9.36 Å². The minimum atomic E-state index is -4.62. The topological polar surface area (TPSA) is 87.6 Å². The van der Waals surface area contributed by atoms with Crippen LogP contribution in [0.3, 0.4) is 0 Å². The lowest BCUT2D eigenvalue weighted by Gasteiger charge is -2.40. The normalized spacial score (nSPS) is 20.0. The van der Waals surface area contributed by atoms with Crippen molar-refractivity contribution in [3.8, 4) is 0 Å². The number of aliphatic hydroxyl groups is 1. The van der Waals surface area contributed by atoms with Gasteiger partial charge in [-0.3, -0.25) is 4.79 Å².